The van der Waals surface area contributed by atoms with Crippen LogP contribution in [0.2, 0.25) is 5.54 Å². The molecule has 114 valence electrons. The van der Waals surface area contributed by atoms with Gasteiger partial charge in [0.2, 0.25) is 0 Å². The summed E-state index contributed by atoms with van der Waals surface area (Å²) in [5, 5.41) is 0.814. The lowest BCUT2D eigenvalue weighted by Gasteiger charge is -2.34. The van der Waals surface area contributed by atoms with Crippen LogP contribution < -0.4 is 0 Å². The topological polar surface area (TPSA) is 27.7 Å². The molecule has 0 spiro atoms. The first-order valence-electron chi connectivity index (χ1n) is 7.24. The van der Waals surface area contributed by atoms with Gasteiger partial charge in [0.15, 0.2) is 0 Å². The number of rotatable bonds is 10. The fourth-order valence-corrected chi connectivity index (χ4v) is 6.51. The first-order chi connectivity index (χ1) is 9.72. The van der Waals surface area contributed by atoms with Gasteiger partial charge in [-0.3, -0.25) is 0 Å². The van der Waals surface area contributed by atoms with Gasteiger partial charge in [-0.15, -0.1) is 0 Å². The number of benzene rings is 1. The molecule has 0 aliphatic rings. The van der Waals surface area contributed by atoms with Crippen molar-refractivity contribution < 1.29 is 13.3 Å². The van der Waals surface area contributed by atoms with Gasteiger partial charge in [-0.25, -0.2) is 0 Å². The first kappa shape index (κ1) is 17.8. The van der Waals surface area contributed by atoms with Crippen LogP contribution in [-0.4, -0.2) is 34.0 Å². The smallest absolute Gasteiger partial charge is 0.374 e. The zero-order valence-corrected chi connectivity index (χ0v) is 15.2. The van der Waals surface area contributed by atoms with Crippen molar-refractivity contribution in [2.45, 2.75) is 32.7 Å². The van der Waals surface area contributed by atoms with Crippen LogP contribution >= 0.6 is 15.9 Å². The van der Waals surface area contributed by atoms with Crippen LogP contribution in [-0.2, 0) is 19.7 Å². The Morgan fingerprint density at radius 3 is 1.85 bits per heavy atom. The zero-order chi connectivity index (χ0) is 14.8. The van der Waals surface area contributed by atoms with Crippen molar-refractivity contribution in [3.05, 3.63) is 35.9 Å². The SMILES string of the molecule is CCO[Si](OCC)(OCC)C(CBr)Cc1ccccc1. The molecule has 0 N–H and O–H groups in total. The molecule has 0 bridgehead atoms. The highest BCUT2D eigenvalue weighted by molar-refractivity contribution is 9.09. The summed E-state index contributed by atoms with van der Waals surface area (Å²) in [5.41, 5.74) is 1.51. The lowest BCUT2D eigenvalue weighted by atomic mass is 10.1. The van der Waals surface area contributed by atoms with Crippen LogP contribution in [0.15, 0.2) is 30.3 Å². The molecule has 1 rings (SSSR count). The van der Waals surface area contributed by atoms with Gasteiger partial charge in [0.25, 0.3) is 0 Å². The van der Waals surface area contributed by atoms with Crippen LogP contribution in [0, 0.1) is 0 Å². The van der Waals surface area contributed by atoms with E-state index in [1.54, 1.807) is 0 Å². The van der Waals surface area contributed by atoms with E-state index >= 15 is 0 Å². The highest BCUT2D eigenvalue weighted by Crippen LogP contribution is 2.31. The van der Waals surface area contributed by atoms with Gasteiger partial charge in [0.1, 0.15) is 0 Å². The number of hydrogen-bond acceptors (Lipinski definition) is 3. The molecule has 1 atom stereocenters. The Balaban J connectivity index is 2.93. The third kappa shape index (κ3) is 4.97. The lowest BCUT2D eigenvalue weighted by molar-refractivity contribution is 0.0630. The Hall–Kier alpha value is -0.203. The van der Waals surface area contributed by atoms with Gasteiger partial charge in [-0.1, -0.05) is 46.3 Å². The van der Waals surface area contributed by atoms with Crippen molar-refractivity contribution in [1.29, 1.82) is 0 Å². The normalized spacial score (nSPS) is 13.4. The Morgan fingerprint density at radius 2 is 1.45 bits per heavy atom. The first-order valence-corrected chi connectivity index (χ1v) is 10.2. The zero-order valence-electron chi connectivity index (χ0n) is 12.6. The fourth-order valence-electron chi connectivity index (χ4n) is 2.25. The minimum absolute atomic E-state index is 0.227. The summed E-state index contributed by atoms with van der Waals surface area (Å²) in [6.45, 7) is 7.83. The summed E-state index contributed by atoms with van der Waals surface area (Å²) in [7, 11) is -2.65. The summed E-state index contributed by atoms with van der Waals surface area (Å²) >= 11 is 3.61. The molecule has 0 amide bonds. The van der Waals surface area contributed by atoms with E-state index in [1.807, 2.05) is 26.8 Å². The second kappa shape index (κ2) is 9.68. The number of halogens is 1. The van der Waals surface area contributed by atoms with Crippen molar-refractivity contribution in [3.8, 4) is 0 Å². The predicted molar refractivity (Wildman–Crippen MR) is 88.3 cm³/mol. The average molecular weight is 361 g/mol. The molecule has 1 unspecified atom stereocenters. The van der Waals surface area contributed by atoms with E-state index in [0.29, 0.717) is 19.8 Å². The Bertz CT molecular complexity index is 344. The van der Waals surface area contributed by atoms with E-state index < -0.39 is 8.80 Å². The van der Waals surface area contributed by atoms with Crippen LogP contribution in [0.4, 0.5) is 0 Å². The average Bonchev–Trinajstić information content (AvgIpc) is 2.46. The molecule has 0 radical (unpaired) electrons. The van der Waals surface area contributed by atoms with Crippen molar-refractivity contribution in [1.82, 2.24) is 0 Å². The minimum Gasteiger partial charge on any atom is -0.374 e. The van der Waals surface area contributed by atoms with Crippen LogP contribution in [0.5, 0.6) is 0 Å². The molecular weight excluding hydrogens is 336 g/mol. The van der Waals surface area contributed by atoms with Gasteiger partial charge < -0.3 is 13.3 Å². The fraction of sp³-hybridized carbons (Fsp3) is 0.600. The highest BCUT2D eigenvalue weighted by atomic mass is 79.9. The van der Waals surface area contributed by atoms with Gasteiger partial charge in [0.05, 0.1) is 0 Å². The molecule has 0 aromatic heterocycles. The Labute approximate surface area is 132 Å². The van der Waals surface area contributed by atoms with Gasteiger partial charge in [-0.2, -0.15) is 0 Å². The molecule has 0 fully saturated rings. The molecule has 20 heavy (non-hydrogen) atoms. The molecular formula is C15H25BrO3Si. The van der Waals surface area contributed by atoms with Crippen LogP contribution in [0.1, 0.15) is 26.3 Å². The number of alkyl halides is 1. The molecule has 3 nitrogen and oxygen atoms in total. The van der Waals surface area contributed by atoms with Crippen molar-refractivity contribution in [2.75, 3.05) is 25.2 Å². The van der Waals surface area contributed by atoms with Gasteiger partial charge in [-0.05, 0) is 32.8 Å². The van der Waals surface area contributed by atoms with E-state index in [2.05, 4.69) is 40.2 Å². The maximum Gasteiger partial charge on any atom is 0.505 e. The van der Waals surface area contributed by atoms with Gasteiger partial charge in [0, 0.05) is 30.7 Å². The molecule has 0 saturated heterocycles. The molecule has 1 aromatic carbocycles. The minimum atomic E-state index is -2.65. The molecule has 0 aliphatic heterocycles. The second-order valence-electron chi connectivity index (χ2n) is 4.44. The Kier molecular flexibility index (Phi) is 8.64. The summed E-state index contributed by atoms with van der Waals surface area (Å²) in [4.78, 5) is 0. The van der Waals surface area contributed by atoms with Crippen LogP contribution in [0.3, 0.4) is 0 Å². The lowest BCUT2D eigenvalue weighted by Crippen LogP contribution is -2.51. The molecule has 0 saturated carbocycles. The predicted octanol–water partition coefficient (Wildman–Crippen LogP) is 4.04. The highest BCUT2D eigenvalue weighted by Gasteiger charge is 2.48. The van der Waals surface area contributed by atoms with E-state index in [9.17, 15) is 0 Å². The van der Waals surface area contributed by atoms with E-state index in [-0.39, 0.29) is 5.54 Å². The maximum atomic E-state index is 6.00. The van der Waals surface area contributed by atoms with Crippen LogP contribution in [0.25, 0.3) is 0 Å². The summed E-state index contributed by atoms with van der Waals surface area (Å²) in [6.07, 6.45) is 0.901. The quantitative estimate of drug-likeness (QED) is 0.465. The summed E-state index contributed by atoms with van der Waals surface area (Å²) < 4.78 is 18.0. The van der Waals surface area contributed by atoms with Crippen molar-refractivity contribution >= 4 is 24.7 Å². The van der Waals surface area contributed by atoms with Crippen molar-refractivity contribution in [3.63, 3.8) is 0 Å². The maximum absolute atomic E-state index is 6.00. The Morgan fingerprint density at radius 1 is 0.950 bits per heavy atom. The summed E-state index contributed by atoms with van der Waals surface area (Å²) in [5.74, 6) is 0. The van der Waals surface area contributed by atoms with E-state index in [1.165, 1.54) is 5.56 Å². The van der Waals surface area contributed by atoms with E-state index in [0.717, 1.165) is 11.8 Å². The third-order valence-electron chi connectivity index (χ3n) is 3.05. The number of hydrogen-bond donors (Lipinski definition) is 0. The molecule has 0 aliphatic carbocycles. The van der Waals surface area contributed by atoms with E-state index in [4.69, 9.17) is 13.3 Å². The monoisotopic (exact) mass is 360 g/mol. The molecule has 0 heterocycles. The molecule has 1 aromatic rings. The summed E-state index contributed by atoms with van der Waals surface area (Å²) in [6, 6.07) is 10.4. The molecule has 5 heteroatoms. The van der Waals surface area contributed by atoms with Gasteiger partial charge >= 0.3 is 8.80 Å². The standard InChI is InChI=1S/C15H25BrO3Si/c1-4-17-20(18-5-2,19-6-3)15(13-16)12-14-10-8-7-9-11-14/h7-11,15H,4-6,12-13H2,1-3H3. The largest absolute Gasteiger partial charge is 0.505 e. The second-order valence-corrected chi connectivity index (χ2v) is 7.98. The third-order valence-corrected chi connectivity index (χ3v) is 7.91. The van der Waals surface area contributed by atoms with Crippen molar-refractivity contribution in [2.24, 2.45) is 0 Å².